The molecule has 1 atom stereocenters. The van der Waals surface area contributed by atoms with Crippen LogP contribution in [0.15, 0.2) is 18.2 Å². The molecular weight excluding hydrogens is 262 g/mol. The number of nitrogens with one attached hydrogen (secondary N) is 1. The van der Waals surface area contributed by atoms with Crippen molar-refractivity contribution < 1.29 is 8.42 Å². The first-order valence-corrected chi connectivity index (χ1v) is 7.96. The van der Waals surface area contributed by atoms with Gasteiger partial charge in [0.25, 0.3) is 0 Å². The summed E-state index contributed by atoms with van der Waals surface area (Å²) in [6, 6.07) is 5.30. The number of nitrogens with zero attached hydrogens (tertiary/aromatic N) is 1. The van der Waals surface area contributed by atoms with Crippen molar-refractivity contribution in [2.45, 2.75) is 26.7 Å². The maximum atomic E-state index is 12.3. The highest BCUT2D eigenvalue weighted by atomic mass is 32.2. The van der Waals surface area contributed by atoms with Gasteiger partial charge in [0, 0.05) is 13.1 Å². The average Bonchev–Trinajstić information content (AvgIpc) is 2.33. The van der Waals surface area contributed by atoms with Crippen molar-refractivity contribution in [1.82, 2.24) is 4.31 Å². The Morgan fingerprint density at radius 1 is 1.42 bits per heavy atom. The van der Waals surface area contributed by atoms with Gasteiger partial charge in [-0.3, -0.25) is 4.72 Å². The van der Waals surface area contributed by atoms with Crippen LogP contribution in [0.4, 0.5) is 11.4 Å². The second kappa shape index (κ2) is 5.38. The summed E-state index contributed by atoms with van der Waals surface area (Å²) in [5.74, 6) is 0.403. The number of hydrogen-bond acceptors (Lipinski definition) is 3. The van der Waals surface area contributed by atoms with Crippen LogP contribution in [-0.4, -0.2) is 25.8 Å². The summed E-state index contributed by atoms with van der Waals surface area (Å²) < 4.78 is 28.7. The van der Waals surface area contributed by atoms with E-state index in [2.05, 4.69) is 11.6 Å². The number of piperidine rings is 1. The van der Waals surface area contributed by atoms with Gasteiger partial charge in [0.05, 0.1) is 11.4 Å². The molecule has 1 heterocycles. The Balaban J connectivity index is 2.16. The van der Waals surface area contributed by atoms with E-state index in [0.717, 1.165) is 18.4 Å². The zero-order valence-electron chi connectivity index (χ0n) is 11.4. The summed E-state index contributed by atoms with van der Waals surface area (Å²) in [6.07, 6.45) is 1.99. The maximum absolute atomic E-state index is 12.3. The first-order valence-electron chi connectivity index (χ1n) is 6.52. The molecule has 1 aromatic carbocycles. The Morgan fingerprint density at radius 2 is 2.16 bits per heavy atom. The summed E-state index contributed by atoms with van der Waals surface area (Å²) in [4.78, 5) is 0. The number of benzene rings is 1. The molecule has 0 spiro atoms. The molecular formula is C13H21N3O2S. The second-order valence-corrected chi connectivity index (χ2v) is 6.97. The van der Waals surface area contributed by atoms with Gasteiger partial charge in [-0.2, -0.15) is 12.7 Å². The monoisotopic (exact) mass is 283 g/mol. The smallest absolute Gasteiger partial charge is 0.301 e. The number of nitrogens with two attached hydrogens (primary N) is 1. The van der Waals surface area contributed by atoms with Crippen molar-refractivity contribution in [3.05, 3.63) is 23.8 Å². The third-order valence-electron chi connectivity index (χ3n) is 3.41. The maximum Gasteiger partial charge on any atom is 0.301 e. The van der Waals surface area contributed by atoms with Crippen LogP contribution >= 0.6 is 0 Å². The molecule has 0 aliphatic carbocycles. The Morgan fingerprint density at radius 3 is 2.79 bits per heavy atom. The summed E-state index contributed by atoms with van der Waals surface area (Å²) in [6.45, 7) is 5.13. The van der Waals surface area contributed by atoms with Crippen LogP contribution in [0.2, 0.25) is 0 Å². The number of anilines is 2. The number of rotatable bonds is 3. The predicted octanol–water partition coefficient (Wildman–Crippen LogP) is 1.97. The molecule has 19 heavy (non-hydrogen) atoms. The summed E-state index contributed by atoms with van der Waals surface area (Å²) in [7, 11) is -3.50. The van der Waals surface area contributed by atoms with Crippen LogP contribution in [0.5, 0.6) is 0 Å². The molecule has 3 N–H and O–H groups in total. The lowest BCUT2D eigenvalue weighted by atomic mass is 10.0. The molecule has 0 bridgehead atoms. The third kappa shape index (κ3) is 3.39. The summed E-state index contributed by atoms with van der Waals surface area (Å²) in [5, 5.41) is 0. The SMILES string of the molecule is Cc1ccc(NS(=O)(=O)N2CCCC(C)C2)c(N)c1. The molecule has 0 radical (unpaired) electrons. The molecule has 1 aromatic rings. The van der Waals surface area contributed by atoms with Crippen molar-refractivity contribution in [3.8, 4) is 0 Å². The lowest BCUT2D eigenvalue weighted by Crippen LogP contribution is -2.42. The zero-order valence-corrected chi connectivity index (χ0v) is 12.2. The second-order valence-electron chi connectivity index (χ2n) is 5.30. The van der Waals surface area contributed by atoms with Crippen molar-refractivity contribution in [2.24, 2.45) is 5.92 Å². The zero-order chi connectivity index (χ0) is 14.0. The molecule has 2 rings (SSSR count). The normalized spacial score (nSPS) is 21.3. The minimum atomic E-state index is -3.50. The summed E-state index contributed by atoms with van der Waals surface area (Å²) >= 11 is 0. The minimum Gasteiger partial charge on any atom is -0.397 e. The van der Waals surface area contributed by atoms with Crippen LogP contribution in [0.3, 0.4) is 0 Å². The van der Waals surface area contributed by atoms with Crippen LogP contribution < -0.4 is 10.5 Å². The highest BCUT2D eigenvalue weighted by molar-refractivity contribution is 7.90. The molecule has 1 aliphatic rings. The molecule has 1 aliphatic heterocycles. The molecule has 1 unspecified atom stereocenters. The Bertz CT molecular complexity index is 557. The molecule has 0 aromatic heterocycles. The topological polar surface area (TPSA) is 75.4 Å². The Kier molecular flexibility index (Phi) is 4.01. The quantitative estimate of drug-likeness (QED) is 0.833. The standard InChI is InChI=1S/C13H21N3O2S/c1-10-5-6-13(12(14)8-10)15-19(17,18)16-7-3-4-11(2)9-16/h5-6,8,11,15H,3-4,7,9,14H2,1-2H3. The van der Waals surface area contributed by atoms with E-state index < -0.39 is 10.2 Å². The van der Waals surface area contributed by atoms with E-state index in [1.807, 2.05) is 13.0 Å². The predicted molar refractivity (Wildman–Crippen MR) is 78.1 cm³/mol. The largest absolute Gasteiger partial charge is 0.397 e. The molecule has 1 fully saturated rings. The van der Waals surface area contributed by atoms with Gasteiger partial charge in [-0.15, -0.1) is 0 Å². The average molecular weight is 283 g/mol. The first kappa shape index (κ1) is 14.1. The minimum absolute atomic E-state index is 0.403. The summed E-state index contributed by atoms with van der Waals surface area (Å²) in [5.41, 5.74) is 7.75. The van der Waals surface area contributed by atoms with Gasteiger partial charge in [0.2, 0.25) is 0 Å². The van der Waals surface area contributed by atoms with Gasteiger partial charge in [-0.1, -0.05) is 13.0 Å². The van der Waals surface area contributed by atoms with E-state index in [9.17, 15) is 8.42 Å². The number of hydrogen-bond donors (Lipinski definition) is 2. The van der Waals surface area contributed by atoms with Gasteiger partial charge in [-0.05, 0) is 43.4 Å². The van der Waals surface area contributed by atoms with Crippen LogP contribution in [0.1, 0.15) is 25.3 Å². The molecule has 6 heteroatoms. The fourth-order valence-electron chi connectivity index (χ4n) is 2.34. The highest BCUT2D eigenvalue weighted by Crippen LogP contribution is 2.24. The van der Waals surface area contributed by atoms with E-state index in [4.69, 9.17) is 5.73 Å². The van der Waals surface area contributed by atoms with Crippen molar-refractivity contribution in [3.63, 3.8) is 0 Å². The van der Waals surface area contributed by atoms with Gasteiger partial charge in [0.15, 0.2) is 0 Å². The fraction of sp³-hybridized carbons (Fsp3) is 0.538. The molecule has 1 saturated heterocycles. The van der Waals surface area contributed by atoms with Gasteiger partial charge >= 0.3 is 10.2 Å². The van der Waals surface area contributed by atoms with E-state index >= 15 is 0 Å². The number of nitrogen functional groups attached to an aromatic ring is 1. The first-order chi connectivity index (χ1) is 8.88. The van der Waals surface area contributed by atoms with E-state index in [1.54, 1.807) is 12.1 Å². The molecule has 106 valence electrons. The van der Waals surface area contributed by atoms with Gasteiger partial charge in [0.1, 0.15) is 0 Å². The molecule has 0 saturated carbocycles. The molecule has 5 nitrogen and oxygen atoms in total. The van der Waals surface area contributed by atoms with Crippen molar-refractivity contribution >= 4 is 21.6 Å². The lowest BCUT2D eigenvalue weighted by Gasteiger charge is -2.30. The van der Waals surface area contributed by atoms with Crippen LogP contribution in [0.25, 0.3) is 0 Å². The van der Waals surface area contributed by atoms with Crippen molar-refractivity contribution in [2.75, 3.05) is 23.5 Å². The Labute approximate surface area is 115 Å². The highest BCUT2D eigenvalue weighted by Gasteiger charge is 2.27. The van der Waals surface area contributed by atoms with Gasteiger partial charge < -0.3 is 5.73 Å². The Hall–Kier alpha value is -1.27. The van der Waals surface area contributed by atoms with Crippen LogP contribution in [0, 0.1) is 12.8 Å². The lowest BCUT2D eigenvalue weighted by molar-refractivity contribution is 0.282. The van der Waals surface area contributed by atoms with Gasteiger partial charge in [-0.25, -0.2) is 0 Å². The van der Waals surface area contributed by atoms with Crippen LogP contribution in [-0.2, 0) is 10.2 Å². The third-order valence-corrected chi connectivity index (χ3v) is 4.90. The van der Waals surface area contributed by atoms with E-state index in [0.29, 0.717) is 30.4 Å². The molecule has 0 amide bonds. The van der Waals surface area contributed by atoms with E-state index in [-0.39, 0.29) is 0 Å². The number of aryl methyl sites for hydroxylation is 1. The van der Waals surface area contributed by atoms with Crippen molar-refractivity contribution in [1.29, 1.82) is 0 Å². The fourth-order valence-corrected chi connectivity index (χ4v) is 3.76. The van der Waals surface area contributed by atoms with E-state index in [1.165, 1.54) is 4.31 Å².